The van der Waals surface area contributed by atoms with E-state index in [9.17, 15) is 9.59 Å². The molecule has 2 aromatic rings. The van der Waals surface area contributed by atoms with Gasteiger partial charge in [0, 0.05) is 19.8 Å². The number of nitrogens with zero attached hydrogens (tertiary/aromatic N) is 2. The van der Waals surface area contributed by atoms with E-state index in [1.807, 2.05) is 73.6 Å². The average molecular weight is 441 g/mol. The van der Waals surface area contributed by atoms with Crippen LogP contribution in [-0.4, -0.2) is 50.6 Å². The van der Waals surface area contributed by atoms with Gasteiger partial charge in [-0.15, -0.1) is 0 Å². The summed E-state index contributed by atoms with van der Waals surface area (Å²) in [5.74, 6) is -0.509. The Morgan fingerprint density at radius 2 is 1.72 bits per heavy atom. The van der Waals surface area contributed by atoms with Crippen LogP contribution in [0.25, 0.3) is 0 Å². The summed E-state index contributed by atoms with van der Waals surface area (Å²) in [6.45, 7) is 5.52. The number of rotatable bonds is 9. The molecule has 32 heavy (non-hydrogen) atoms. The lowest BCUT2D eigenvalue weighted by molar-refractivity contribution is -0.124. The molecule has 0 aliphatic rings. The Kier molecular flexibility index (Phi) is 9.22. The molecule has 2 rings (SSSR count). The van der Waals surface area contributed by atoms with E-state index in [1.54, 1.807) is 20.8 Å². The Labute approximate surface area is 189 Å². The van der Waals surface area contributed by atoms with Gasteiger partial charge >= 0.3 is 6.09 Å². The first kappa shape index (κ1) is 24.9. The Bertz CT molecular complexity index is 890. The van der Waals surface area contributed by atoms with E-state index < -0.39 is 23.6 Å². The number of hydrogen-bond acceptors (Lipinski definition) is 6. The molecule has 0 aliphatic heterocycles. The second kappa shape index (κ2) is 11.9. The molecule has 0 fully saturated rings. The predicted molar refractivity (Wildman–Crippen MR) is 126 cm³/mol. The minimum Gasteiger partial charge on any atom is -0.444 e. The molecule has 0 spiro atoms. The van der Waals surface area contributed by atoms with Gasteiger partial charge in [0.05, 0.1) is 19.4 Å². The quantitative estimate of drug-likeness (QED) is 0.461. The van der Waals surface area contributed by atoms with Crippen LogP contribution >= 0.6 is 0 Å². The topological polar surface area (TPSA) is 92.3 Å². The number of benzene rings is 2. The van der Waals surface area contributed by atoms with Crippen molar-refractivity contribution in [2.24, 2.45) is 5.10 Å². The second-order valence-corrected chi connectivity index (χ2v) is 8.42. The first-order valence-electron chi connectivity index (χ1n) is 10.4. The van der Waals surface area contributed by atoms with Crippen molar-refractivity contribution in [2.75, 3.05) is 25.6 Å². The van der Waals surface area contributed by atoms with Gasteiger partial charge in [-0.1, -0.05) is 42.5 Å². The van der Waals surface area contributed by atoms with Crippen molar-refractivity contribution in [3.8, 4) is 0 Å². The number of hydrogen-bond donors (Lipinski definition) is 2. The maximum absolute atomic E-state index is 12.6. The van der Waals surface area contributed by atoms with Crippen molar-refractivity contribution in [1.29, 1.82) is 0 Å². The first-order chi connectivity index (χ1) is 15.1. The average Bonchev–Trinajstić information content (AvgIpc) is 2.72. The van der Waals surface area contributed by atoms with Crippen LogP contribution < -0.4 is 15.6 Å². The Morgan fingerprint density at radius 3 is 2.31 bits per heavy atom. The largest absolute Gasteiger partial charge is 0.444 e. The van der Waals surface area contributed by atoms with Gasteiger partial charge in [-0.05, 0) is 44.0 Å². The summed E-state index contributed by atoms with van der Waals surface area (Å²) in [6, 6.07) is 16.3. The first-order valence-corrected chi connectivity index (χ1v) is 10.4. The molecule has 172 valence electrons. The second-order valence-electron chi connectivity index (χ2n) is 8.42. The predicted octanol–water partition coefficient (Wildman–Crippen LogP) is 3.31. The van der Waals surface area contributed by atoms with Crippen LogP contribution in [0.15, 0.2) is 59.7 Å². The van der Waals surface area contributed by atoms with Crippen LogP contribution in [0.5, 0.6) is 0 Å². The zero-order valence-electron chi connectivity index (χ0n) is 19.3. The molecule has 0 radical (unpaired) electrons. The normalized spacial score (nSPS) is 12.3. The summed E-state index contributed by atoms with van der Waals surface area (Å²) >= 11 is 0. The number of carbonyl (C=O) groups is 2. The molecule has 0 saturated heterocycles. The molecule has 0 heterocycles. The van der Waals surface area contributed by atoms with Gasteiger partial charge in [-0.2, -0.15) is 5.10 Å². The minimum atomic E-state index is -0.971. The highest BCUT2D eigenvalue weighted by molar-refractivity contribution is 5.87. The van der Waals surface area contributed by atoms with Crippen molar-refractivity contribution < 1.29 is 19.1 Å². The van der Waals surface area contributed by atoms with E-state index in [1.165, 1.54) is 6.21 Å². The zero-order chi connectivity index (χ0) is 23.6. The van der Waals surface area contributed by atoms with Crippen molar-refractivity contribution >= 4 is 23.9 Å². The highest BCUT2D eigenvalue weighted by Crippen LogP contribution is 2.11. The number of anilines is 1. The van der Waals surface area contributed by atoms with E-state index in [4.69, 9.17) is 9.47 Å². The smallest absolute Gasteiger partial charge is 0.408 e. The number of nitrogens with one attached hydrogen (secondary N) is 2. The van der Waals surface area contributed by atoms with Crippen molar-refractivity contribution in [2.45, 2.75) is 39.0 Å². The monoisotopic (exact) mass is 440 g/mol. The van der Waals surface area contributed by atoms with E-state index in [0.717, 1.165) is 16.8 Å². The zero-order valence-corrected chi connectivity index (χ0v) is 19.3. The lowest BCUT2D eigenvalue weighted by Gasteiger charge is -2.22. The Balaban J connectivity index is 1.97. The number of carbonyl (C=O) groups excluding carboxylic acids is 2. The Hall–Kier alpha value is -3.39. The number of hydrazone groups is 1. The summed E-state index contributed by atoms with van der Waals surface area (Å²) in [4.78, 5) is 26.8. The molecule has 1 atom stereocenters. The van der Waals surface area contributed by atoms with Crippen molar-refractivity contribution in [1.82, 2.24) is 10.7 Å². The molecular formula is C24H32N4O4. The highest BCUT2D eigenvalue weighted by atomic mass is 16.6. The van der Waals surface area contributed by atoms with Crippen LogP contribution in [-0.2, 0) is 20.9 Å². The molecule has 2 amide bonds. The fraction of sp³-hybridized carbons (Fsp3) is 0.375. The van der Waals surface area contributed by atoms with Gasteiger partial charge in [0.1, 0.15) is 11.6 Å². The van der Waals surface area contributed by atoms with Crippen LogP contribution in [0.2, 0.25) is 0 Å². The van der Waals surface area contributed by atoms with Gasteiger partial charge in [0.15, 0.2) is 0 Å². The molecule has 8 nitrogen and oxygen atoms in total. The van der Waals surface area contributed by atoms with Crippen molar-refractivity contribution in [3.05, 3.63) is 65.7 Å². The summed E-state index contributed by atoms with van der Waals surface area (Å²) < 4.78 is 10.9. The highest BCUT2D eigenvalue weighted by Gasteiger charge is 2.24. The third-order valence-corrected chi connectivity index (χ3v) is 4.20. The number of amides is 2. The van der Waals surface area contributed by atoms with Crippen molar-refractivity contribution in [3.63, 3.8) is 0 Å². The fourth-order valence-electron chi connectivity index (χ4n) is 2.61. The third kappa shape index (κ3) is 9.18. The maximum atomic E-state index is 12.6. The summed E-state index contributed by atoms with van der Waals surface area (Å²) in [5.41, 5.74) is 4.61. The van der Waals surface area contributed by atoms with Gasteiger partial charge in [0.25, 0.3) is 5.91 Å². The van der Waals surface area contributed by atoms with Crippen LogP contribution in [0.3, 0.4) is 0 Å². The van der Waals surface area contributed by atoms with Crippen LogP contribution in [0.4, 0.5) is 10.5 Å². The van der Waals surface area contributed by atoms with E-state index in [-0.39, 0.29) is 6.61 Å². The number of ether oxygens (including phenoxy) is 2. The lowest BCUT2D eigenvalue weighted by Crippen LogP contribution is -2.49. The Morgan fingerprint density at radius 1 is 1.06 bits per heavy atom. The molecule has 0 unspecified atom stereocenters. The van der Waals surface area contributed by atoms with Crippen LogP contribution in [0, 0.1) is 0 Å². The molecular weight excluding hydrogens is 408 g/mol. The molecule has 0 aromatic heterocycles. The SMILES string of the molecule is CN(C)c1ccc(/C=N\NC(=O)[C@H](COCc2ccccc2)NC(=O)OC(C)(C)C)cc1. The van der Waals surface area contributed by atoms with Gasteiger partial charge in [-0.3, -0.25) is 4.79 Å². The third-order valence-electron chi connectivity index (χ3n) is 4.20. The summed E-state index contributed by atoms with van der Waals surface area (Å²) in [7, 11) is 3.92. The van der Waals surface area contributed by atoms with E-state index >= 15 is 0 Å². The fourth-order valence-corrected chi connectivity index (χ4v) is 2.61. The molecule has 2 N–H and O–H groups in total. The minimum absolute atomic E-state index is 0.0347. The lowest BCUT2D eigenvalue weighted by atomic mass is 10.2. The van der Waals surface area contributed by atoms with Gasteiger partial charge in [-0.25, -0.2) is 10.2 Å². The molecule has 0 bridgehead atoms. The van der Waals surface area contributed by atoms with Gasteiger partial charge in [0.2, 0.25) is 0 Å². The maximum Gasteiger partial charge on any atom is 0.408 e. The summed E-state index contributed by atoms with van der Waals surface area (Å²) in [5, 5.41) is 6.55. The molecule has 0 saturated carbocycles. The van der Waals surface area contributed by atoms with Gasteiger partial charge < -0.3 is 19.7 Å². The van der Waals surface area contributed by atoms with Crippen LogP contribution in [0.1, 0.15) is 31.9 Å². The van der Waals surface area contributed by atoms with E-state index in [2.05, 4.69) is 15.8 Å². The standard InChI is InChI=1S/C24H32N4O4/c1-24(2,3)32-23(30)26-21(17-31-16-19-9-7-6-8-10-19)22(29)27-25-15-18-11-13-20(14-12-18)28(4)5/h6-15,21H,16-17H2,1-5H3,(H,26,30)(H,27,29)/b25-15-/t21-/m0/s1. The number of alkyl carbamates (subject to hydrolysis) is 1. The van der Waals surface area contributed by atoms with E-state index in [0.29, 0.717) is 6.61 Å². The summed E-state index contributed by atoms with van der Waals surface area (Å²) in [6.07, 6.45) is 0.830. The molecule has 8 heteroatoms. The molecule has 2 aromatic carbocycles. The molecule has 0 aliphatic carbocycles.